The molecule has 1 aromatic carbocycles. The molecule has 2 aliphatic rings. The third-order valence-electron chi connectivity index (χ3n) is 7.10. The van der Waals surface area contributed by atoms with Crippen molar-refractivity contribution in [2.75, 3.05) is 12.4 Å². The van der Waals surface area contributed by atoms with Crippen molar-refractivity contribution in [3.05, 3.63) is 65.2 Å². The van der Waals surface area contributed by atoms with E-state index in [0.717, 1.165) is 0 Å². The van der Waals surface area contributed by atoms with Crippen LogP contribution in [-0.2, 0) is 9.59 Å². The normalized spacial score (nSPS) is 18.4. The summed E-state index contributed by atoms with van der Waals surface area (Å²) in [6.45, 7) is 1.39. The Kier molecular flexibility index (Phi) is 6.50. The molecule has 2 aliphatic heterocycles. The van der Waals surface area contributed by atoms with E-state index in [9.17, 15) is 9.59 Å². The number of carbonyl (C=O) groups is 2. The zero-order chi connectivity index (χ0) is 28.0. The maximum absolute atomic E-state index is 15.3. The number of benzene rings is 1. The summed E-state index contributed by atoms with van der Waals surface area (Å²) >= 11 is 6.12. The highest BCUT2D eigenvalue weighted by atomic mass is 35.5. The predicted octanol–water partition coefficient (Wildman–Crippen LogP) is 3.73. The Morgan fingerprint density at radius 3 is 2.85 bits per heavy atom. The van der Waals surface area contributed by atoms with Gasteiger partial charge in [-0.25, -0.2) is 14.4 Å². The molecule has 1 saturated heterocycles. The van der Waals surface area contributed by atoms with Gasteiger partial charge in [-0.3, -0.25) is 9.59 Å². The first-order valence-corrected chi connectivity index (χ1v) is 12.8. The molecule has 6 rings (SSSR count). The number of pyridine rings is 1. The van der Waals surface area contributed by atoms with E-state index < -0.39 is 5.82 Å². The van der Waals surface area contributed by atoms with Gasteiger partial charge in [0.25, 0.3) is 0 Å². The minimum Gasteiger partial charge on any atom is -0.492 e. The van der Waals surface area contributed by atoms with Crippen LogP contribution in [0.4, 0.5) is 10.2 Å². The number of carbonyl (C=O) groups excluding carboxylic acids is 2. The van der Waals surface area contributed by atoms with Gasteiger partial charge in [0.1, 0.15) is 12.2 Å². The third kappa shape index (κ3) is 4.37. The van der Waals surface area contributed by atoms with Gasteiger partial charge in [0.15, 0.2) is 17.4 Å². The molecule has 14 heteroatoms. The highest BCUT2D eigenvalue weighted by molar-refractivity contribution is 6.31. The Bertz CT molecular complexity index is 1650. The second-order valence-electron chi connectivity index (χ2n) is 9.48. The number of H-pyrrole nitrogens is 1. The van der Waals surface area contributed by atoms with Gasteiger partial charge in [-0.2, -0.15) is 4.68 Å². The second-order valence-corrected chi connectivity index (χ2v) is 9.89. The fourth-order valence-corrected chi connectivity index (χ4v) is 5.63. The van der Waals surface area contributed by atoms with Crippen molar-refractivity contribution >= 4 is 34.8 Å². The maximum Gasteiger partial charge on any atom is 0.247 e. The number of aromatic nitrogens is 7. The fourth-order valence-electron chi connectivity index (χ4n) is 5.47. The van der Waals surface area contributed by atoms with Gasteiger partial charge in [0.05, 0.1) is 35.8 Å². The average Bonchev–Trinajstić information content (AvgIpc) is 3.70. The molecule has 2 amide bonds. The number of amides is 2. The van der Waals surface area contributed by atoms with Crippen LogP contribution >= 0.6 is 11.6 Å². The van der Waals surface area contributed by atoms with Crippen LogP contribution in [0.5, 0.6) is 5.75 Å². The number of hydrogen-bond acceptors (Lipinski definition) is 8. The van der Waals surface area contributed by atoms with Gasteiger partial charge in [-0.05, 0) is 53.5 Å². The van der Waals surface area contributed by atoms with Crippen LogP contribution in [0.1, 0.15) is 43.6 Å². The summed E-state index contributed by atoms with van der Waals surface area (Å²) in [5.41, 5.74) is 2.45. The van der Waals surface area contributed by atoms with Crippen molar-refractivity contribution in [3.8, 4) is 22.7 Å². The van der Waals surface area contributed by atoms with Crippen molar-refractivity contribution < 1.29 is 18.7 Å². The van der Waals surface area contributed by atoms with Crippen molar-refractivity contribution in [1.82, 2.24) is 40.1 Å². The molecule has 4 aromatic rings. The van der Waals surface area contributed by atoms with Gasteiger partial charge in [-0.15, -0.1) is 5.10 Å². The lowest BCUT2D eigenvalue weighted by molar-refractivity contribution is -0.129. The van der Waals surface area contributed by atoms with Gasteiger partial charge in [-0.1, -0.05) is 11.6 Å². The number of tetrazole rings is 1. The lowest BCUT2D eigenvalue weighted by Gasteiger charge is -2.33. The van der Waals surface area contributed by atoms with E-state index in [0.29, 0.717) is 59.2 Å². The van der Waals surface area contributed by atoms with Crippen LogP contribution in [0, 0.1) is 5.82 Å². The molecular weight excluding hydrogens is 541 g/mol. The highest BCUT2D eigenvalue weighted by Crippen LogP contribution is 2.44. The summed E-state index contributed by atoms with van der Waals surface area (Å²) < 4.78 is 22.2. The van der Waals surface area contributed by atoms with Crippen LogP contribution in [0.3, 0.4) is 0 Å². The molecule has 2 N–H and O–H groups in total. The van der Waals surface area contributed by atoms with Crippen LogP contribution in [0.15, 0.2) is 43.0 Å². The topological polar surface area (TPSA) is 144 Å². The number of hydrogen-bond donors (Lipinski definition) is 2. The van der Waals surface area contributed by atoms with E-state index in [1.54, 1.807) is 29.4 Å². The fraction of sp³-hybridized carbons (Fsp3) is 0.269. The minimum atomic E-state index is -0.627. The third-order valence-corrected chi connectivity index (χ3v) is 7.40. The molecular formula is C26H23ClFN9O3. The molecule has 0 unspecified atom stereocenters. The minimum absolute atomic E-state index is 0.0526. The number of rotatable bonds is 6. The number of nitrogens with one attached hydrogen (secondary N) is 2. The number of fused-ring (bicyclic) bond motifs is 1. The standard InChI is InChI=1S/C26H23ClFN9O3/c1-13(38)32-26-24(40-2)16(7-8-29-26)18-11-30-25(33-18)20-5-3-15-9-14(10-21(39)37(15)20)22-19(36-12-31-34-35-36)6-4-17(27)23(22)28/h4,6-8,10-12,15,20H,3,5,9H2,1-2H3,(H,30,33)(H,29,32,38)/t15-,20-/m0/s1. The summed E-state index contributed by atoms with van der Waals surface area (Å²) in [4.78, 5) is 39.0. The first kappa shape index (κ1) is 25.6. The number of ether oxygens (including phenoxy) is 1. The molecule has 0 bridgehead atoms. The van der Waals surface area contributed by atoms with E-state index in [2.05, 4.69) is 35.8 Å². The molecule has 0 aliphatic carbocycles. The van der Waals surface area contributed by atoms with Gasteiger partial charge in [0, 0.05) is 36.4 Å². The smallest absolute Gasteiger partial charge is 0.247 e. The Labute approximate surface area is 232 Å². The summed E-state index contributed by atoms with van der Waals surface area (Å²) in [6, 6.07) is 4.36. The Hall–Kier alpha value is -4.65. The molecule has 1 fully saturated rings. The molecule has 0 radical (unpaired) electrons. The number of halogens is 2. The molecule has 0 saturated carbocycles. The number of nitrogens with zero attached hydrogens (tertiary/aromatic N) is 7. The monoisotopic (exact) mass is 563 g/mol. The van der Waals surface area contributed by atoms with E-state index >= 15 is 4.39 Å². The van der Waals surface area contributed by atoms with Crippen LogP contribution in [0.25, 0.3) is 22.5 Å². The molecule has 5 heterocycles. The average molecular weight is 564 g/mol. The molecule has 0 spiro atoms. The second kappa shape index (κ2) is 10.2. The zero-order valence-electron chi connectivity index (χ0n) is 21.4. The van der Waals surface area contributed by atoms with Crippen LogP contribution in [0.2, 0.25) is 5.02 Å². The first-order chi connectivity index (χ1) is 19.4. The van der Waals surface area contributed by atoms with E-state index in [-0.39, 0.29) is 34.5 Å². The Morgan fingerprint density at radius 1 is 1.25 bits per heavy atom. The van der Waals surface area contributed by atoms with Crippen molar-refractivity contribution in [2.45, 2.75) is 38.3 Å². The maximum atomic E-state index is 15.3. The van der Waals surface area contributed by atoms with Gasteiger partial charge >= 0.3 is 0 Å². The summed E-state index contributed by atoms with van der Waals surface area (Å²) in [5, 5.41) is 13.8. The zero-order valence-corrected chi connectivity index (χ0v) is 22.2. The summed E-state index contributed by atoms with van der Waals surface area (Å²) in [6.07, 6.45) is 7.85. The largest absolute Gasteiger partial charge is 0.492 e. The molecule has 40 heavy (non-hydrogen) atoms. The molecule has 204 valence electrons. The first-order valence-electron chi connectivity index (χ1n) is 12.5. The van der Waals surface area contributed by atoms with E-state index in [1.165, 1.54) is 37.2 Å². The lowest BCUT2D eigenvalue weighted by Crippen LogP contribution is -2.39. The number of aromatic amines is 1. The highest BCUT2D eigenvalue weighted by Gasteiger charge is 2.42. The van der Waals surface area contributed by atoms with E-state index in [1.807, 2.05) is 0 Å². The quantitative estimate of drug-likeness (QED) is 0.361. The van der Waals surface area contributed by atoms with Crippen molar-refractivity contribution in [3.63, 3.8) is 0 Å². The van der Waals surface area contributed by atoms with Gasteiger partial charge in [0.2, 0.25) is 11.8 Å². The van der Waals surface area contributed by atoms with Crippen LogP contribution in [-0.4, -0.2) is 65.0 Å². The SMILES string of the molecule is COc1c(-c2cnc([C@@H]3CC[C@H]4CC(c5c(-n6cnnn6)ccc(Cl)c5F)=CC(=O)N43)[nH]2)ccnc1NC(C)=O. The van der Waals surface area contributed by atoms with Crippen molar-refractivity contribution in [2.24, 2.45) is 0 Å². The van der Waals surface area contributed by atoms with Gasteiger partial charge < -0.3 is 19.9 Å². The number of methoxy groups -OCH3 is 1. The lowest BCUT2D eigenvalue weighted by atomic mass is 9.92. The summed E-state index contributed by atoms with van der Waals surface area (Å²) in [5.74, 6) is 0.152. The van der Waals surface area contributed by atoms with Crippen molar-refractivity contribution in [1.29, 1.82) is 0 Å². The molecule has 2 atom stereocenters. The van der Waals surface area contributed by atoms with Crippen LogP contribution < -0.4 is 10.1 Å². The Balaban J connectivity index is 1.31. The van der Waals surface area contributed by atoms with E-state index in [4.69, 9.17) is 16.3 Å². The number of imidazole rings is 1. The summed E-state index contributed by atoms with van der Waals surface area (Å²) in [7, 11) is 1.49. The number of anilines is 1. The molecule has 3 aromatic heterocycles. The molecule has 12 nitrogen and oxygen atoms in total. The predicted molar refractivity (Wildman–Crippen MR) is 142 cm³/mol. The Morgan fingerprint density at radius 2 is 2.10 bits per heavy atom.